The number of alkyl halides is 1. The summed E-state index contributed by atoms with van der Waals surface area (Å²) in [6, 6.07) is 9.77. The second kappa shape index (κ2) is 17.5. The molecule has 3 aromatic rings. The molecule has 0 aromatic heterocycles. The van der Waals surface area contributed by atoms with Crippen LogP contribution in [0.2, 0.25) is 0 Å². The first-order valence-electron chi connectivity index (χ1n) is 20.8. The van der Waals surface area contributed by atoms with Crippen LogP contribution in [-0.2, 0) is 35.2 Å². The summed E-state index contributed by atoms with van der Waals surface area (Å²) in [5.41, 5.74) is 9.47. The average molecular weight is 769 g/mol. The number of carboxylic acids is 1. The molecule has 0 aliphatic carbocycles. The van der Waals surface area contributed by atoms with Crippen molar-refractivity contribution in [3.8, 4) is 11.5 Å². The van der Waals surface area contributed by atoms with Gasteiger partial charge >= 0.3 is 5.97 Å². The number of aryl methyl sites for hydroxylation is 2. The van der Waals surface area contributed by atoms with Gasteiger partial charge in [-0.3, -0.25) is 4.79 Å². The summed E-state index contributed by atoms with van der Waals surface area (Å²) in [5, 5.41) is 16.0. The number of halogens is 1. The van der Waals surface area contributed by atoms with Gasteiger partial charge in [-0.2, -0.15) is 0 Å². The molecular weight excluding hydrogens is 714 g/mol. The van der Waals surface area contributed by atoms with E-state index in [9.17, 15) is 14.7 Å². The van der Waals surface area contributed by atoms with Crippen LogP contribution in [0.1, 0.15) is 118 Å². The number of ether oxygens (including phenoxy) is 3. The van der Waals surface area contributed by atoms with Crippen LogP contribution in [0, 0.1) is 0 Å². The maximum atomic E-state index is 13.4. The van der Waals surface area contributed by atoms with Crippen LogP contribution in [-0.4, -0.2) is 82.0 Å². The van der Waals surface area contributed by atoms with Gasteiger partial charge in [-0.1, -0.05) is 18.9 Å². The molecule has 2 N–H and O–H groups in total. The average Bonchev–Trinajstić information content (AvgIpc) is 3.55. The van der Waals surface area contributed by atoms with Crippen molar-refractivity contribution in [2.24, 2.45) is 0 Å². The lowest BCUT2D eigenvalue weighted by atomic mass is 9.83. The molecule has 5 aliphatic heterocycles. The van der Waals surface area contributed by atoms with Gasteiger partial charge in [0.1, 0.15) is 24.6 Å². The van der Waals surface area contributed by atoms with Crippen LogP contribution in [0.4, 0.5) is 5.69 Å². The van der Waals surface area contributed by atoms with Crippen molar-refractivity contribution in [3.05, 3.63) is 85.4 Å². The Bertz CT molecular complexity index is 2080. The zero-order valence-corrected chi connectivity index (χ0v) is 32.9. The van der Waals surface area contributed by atoms with Crippen molar-refractivity contribution in [3.63, 3.8) is 0 Å². The minimum atomic E-state index is -1.06. The van der Waals surface area contributed by atoms with Crippen molar-refractivity contribution >= 4 is 34.7 Å². The van der Waals surface area contributed by atoms with Gasteiger partial charge < -0.3 is 29.5 Å². The minimum Gasteiger partial charge on any atom is -0.478 e. The predicted molar refractivity (Wildman–Crippen MR) is 216 cm³/mol. The Morgan fingerprint density at radius 2 is 1.56 bits per heavy atom. The standard InChI is InChI=1S/C45H54ClN3O6/c46-17-5-1-2-8-23-53-25-26-54-24-18-47-44(50)32-15-16-33(36(29-32)45(51)52)39-37-27-30-11-3-6-19-48-21-9-13-34(40(30)48)42(37)55-43-35-14-10-22-49-20-7-4-12-31(41(35)49)28-38(39)43/h15-16,27-29H,1-14,17-26H2,(H-,47,50,51,52)/p+1. The maximum Gasteiger partial charge on any atom is 0.336 e. The Hall–Kier alpha value is -3.92. The first kappa shape index (κ1) is 38.0. The molecule has 5 aliphatic rings. The van der Waals surface area contributed by atoms with E-state index in [1.165, 1.54) is 33.3 Å². The smallest absolute Gasteiger partial charge is 0.336 e. The van der Waals surface area contributed by atoms with E-state index in [1.807, 2.05) is 6.07 Å². The van der Waals surface area contributed by atoms with Gasteiger partial charge in [0.05, 0.1) is 30.9 Å². The highest BCUT2D eigenvalue weighted by Gasteiger charge is 2.36. The van der Waals surface area contributed by atoms with Crippen molar-refractivity contribution in [1.82, 2.24) is 9.89 Å². The van der Waals surface area contributed by atoms with Gasteiger partial charge in [0.15, 0.2) is 0 Å². The summed E-state index contributed by atoms with van der Waals surface area (Å²) in [7, 11) is 0. The van der Waals surface area contributed by atoms with Crippen LogP contribution >= 0.6 is 11.6 Å². The van der Waals surface area contributed by atoms with E-state index in [-0.39, 0.29) is 11.5 Å². The molecule has 0 atom stereocenters. The molecule has 8 rings (SSSR count). The molecule has 0 saturated carbocycles. The van der Waals surface area contributed by atoms with Gasteiger partial charge in [-0.25, -0.2) is 9.37 Å². The second-order valence-corrected chi connectivity index (χ2v) is 16.1. The highest BCUT2D eigenvalue weighted by atomic mass is 35.5. The number of carboxylic acid groups (broad SMARTS) is 1. The molecule has 55 heavy (non-hydrogen) atoms. The fourth-order valence-corrected chi connectivity index (χ4v) is 9.70. The van der Waals surface area contributed by atoms with Crippen molar-refractivity contribution < 1.29 is 28.9 Å². The van der Waals surface area contributed by atoms with E-state index in [0.29, 0.717) is 50.0 Å². The molecule has 0 saturated heterocycles. The molecule has 3 aromatic carbocycles. The zero-order chi connectivity index (χ0) is 37.7. The number of aromatic carboxylic acids is 1. The van der Waals surface area contributed by atoms with E-state index in [1.54, 1.807) is 12.1 Å². The topological polar surface area (TPSA) is 100 Å². The molecule has 0 radical (unpaired) electrons. The summed E-state index contributed by atoms with van der Waals surface area (Å²) in [4.78, 5) is 29.2. The Kier molecular flexibility index (Phi) is 12.1. The number of benzene rings is 3. The first-order chi connectivity index (χ1) is 27.0. The lowest BCUT2D eigenvalue weighted by molar-refractivity contribution is 0.0468. The normalized spacial score (nSPS) is 16.9. The number of nitrogens with zero attached hydrogens (tertiary/aromatic N) is 2. The quantitative estimate of drug-likeness (QED) is 0.0850. The van der Waals surface area contributed by atoms with E-state index in [2.05, 4.69) is 26.9 Å². The van der Waals surface area contributed by atoms with Gasteiger partial charge in [0.25, 0.3) is 5.91 Å². The Balaban J connectivity index is 1.12. The number of carbonyl (C=O) groups is 2. The van der Waals surface area contributed by atoms with E-state index in [4.69, 9.17) is 25.8 Å². The molecular formula is C45H55ClN3O6+. The fourth-order valence-electron chi connectivity index (χ4n) is 9.51. The van der Waals surface area contributed by atoms with Gasteiger partial charge in [-0.15, -0.1) is 11.6 Å². The summed E-state index contributed by atoms with van der Waals surface area (Å²) in [6.45, 7) is 6.55. The lowest BCUT2D eigenvalue weighted by Gasteiger charge is -2.35. The number of hydrogen-bond donors (Lipinski definition) is 2. The van der Waals surface area contributed by atoms with Crippen LogP contribution in [0.25, 0.3) is 5.57 Å². The molecule has 1 amide bonds. The number of fused-ring (bicyclic) bond motifs is 4. The number of hydrogen-bond acceptors (Lipinski definition) is 6. The van der Waals surface area contributed by atoms with E-state index < -0.39 is 5.97 Å². The number of amides is 1. The molecule has 0 spiro atoms. The number of rotatable bonds is 15. The molecule has 9 nitrogen and oxygen atoms in total. The van der Waals surface area contributed by atoms with Crippen LogP contribution in [0.15, 0.2) is 30.3 Å². The van der Waals surface area contributed by atoms with Crippen molar-refractivity contribution in [1.29, 1.82) is 0 Å². The van der Waals surface area contributed by atoms with E-state index >= 15 is 0 Å². The molecule has 292 valence electrons. The maximum absolute atomic E-state index is 13.4. The third-order valence-electron chi connectivity index (χ3n) is 12.0. The van der Waals surface area contributed by atoms with Gasteiger partial charge in [0.2, 0.25) is 5.36 Å². The Morgan fingerprint density at radius 3 is 2.44 bits per heavy atom. The van der Waals surface area contributed by atoms with E-state index in [0.717, 1.165) is 144 Å². The molecule has 0 unspecified atom stereocenters. The summed E-state index contributed by atoms with van der Waals surface area (Å²) in [5.74, 6) is 1.10. The molecule has 5 heterocycles. The largest absolute Gasteiger partial charge is 0.478 e. The molecule has 0 bridgehead atoms. The monoisotopic (exact) mass is 768 g/mol. The zero-order valence-electron chi connectivity index (χ0n) is 32.1. The highest BCUT2D eigenvalue weighted by molar-refractivity contribution is 6.17. The number of carbonyl (C=O) groups excluding carboxylic acids is 1. The molecule has 0 fully saturated rings. The Labute approximate surface area is 329 Å². The summed E-state index contributed by atoms with van der Waals surface area (Å²) in [6.07, 6.45) is 14.9. The fraction of sp³-hybridized carbons (Fsp3) is 0.533. The van der Waals surface area contributed by atoms with Crippen molar-refractivity contribution in [2.45, 2.75) is 89.9 Å². The number of unbranched alkanes of at least 4 members (excludes halogenated alkanes) is 3. The van der Waals surface area contributed by atoms with Gasteiger partial charge in [0, 0.05) is 83.7 Å². The van der Waals surface area contributed by atoms with Crippen LogP contribution < -0.4 is 30.1 Å². The third kappa shape index (κ3) is 7.90. The highest BCUT2D eigenvalue weighted by Crippen LogP contribution is 2.48. The SMILES string of the molecule is O=C(NCCOCCOCCCCCCCl)c1ccc(C2=c3cc4c5c(c3Oc3c2cc2c6c3CCCN6CCCC2)CCC[N+]=5CCCC4)c(C(=O)O)c1. The number of anilines is 1. The Morgan fingerprint density at radius 1 is 0.782 bits per heavy atom. The molecule has 10 heteroatoms. The number of nitrogens with one attached hydrogen (secondary N) is 1. The minimum absolute atomic E-state index is 0.118. The first-order valence-corrected chi connectivity index (χ1v) is 21.4. The third-order valence-corrected chi connectivity index (χ3v) is 12.3. The summed E-state index contributed by atoms with van der Waals surface area (Å²) >= 11 is 5.73. The van der Waals surface area contributed by atoms with Gasteiger partial charge in [-0.05, 0) is 99.6 Å². The predicted octanol–water partition coefficient (Wildman–Crippen LogP) is 6.16. The van der Waals surface area contributed by atoms with Crippen molar-refractivity contribution in [2.75, 3.05) is 69.9 Å². The van der Waals surface area contributed by atoms with Crippen LogP contribution in [0.3, 0.4) is 0 Å². The lowest BCUT2D eigenvalue weighted by Crippen LogP contribution is -2.41. The van der Waals surface area contributed by atoms with Crippen LogP contribution in [0.5, 0.6) is 11.5 Å². The second-order valence-electron chi connectivity index (χ2n) is 15.7. The summed E-state index contributed by atoms with van der Waals surface area (Å²) < 4.78 is 21.1.